The van der Waals surface area contributed by atoms with E-state index < -0.39 is 30.3 Å². The Balaban J connectivity index is 1.98. The van der Waals surface area contributed by atoms with Crippen LogP contribution in [0.15, 0.2) is 42.5 Å². The van der Waals surface area contributed by atoms with Crippen LogP contribution in [0, 0.1) is 5.82 Å². The summed E-state index contributed by atoms with van der Waals surface area (Å²) in [6.07, 6.45) is 0. The normalized spacial score (nSPS) is 10.0. The molecule has 130 valence electrons. The Morgan fingerprint density at radius 2 is 1.84 bits per heavy atom. The largest absolute Gasteiger partial charge is 0.465 e. The zero-order valence-electron chi connectivity index (χ0n) is 13.0. The van der Waals surface area contributed by atoms with Gasteiger partial charge in [-0.1, -0.05) is 23.7 Å². The van der Waals surface area contributed by atoms with Gasteiger partial charge >= 0.3 is 11.9 Å². The third-order valence-corrected chi connectivity index (χ3v) is 3.39. The van der Waals surface area contributed by atoms with E-state index in [1.165, 1.54) is 25.3 Å². The van der Waals surface area contributed by atoms with Crippen LogP contribution in [0.1, 0.15) is 20.7 Å². The number of anilines is 1. The van der Waals surface area contributed by atoms with Crippen molar-refractivity contribution in [2.75, 3.05) is 19.0 Å². The average Bonchev–Trinajstić information content (AvgIpc) is 2.61. The monoisotopic (exact) mass is 365 g/mol. The molecule has 8 heteroatoms. The highest BCUT2D eigenvalue weighted by atomic mass is 35.5. The second-order valence-corrected chi connectivity index (χ2v) is 5.20. The van der Waals surface area contributed by atoms with Gasteiger partial charge in [0.1, 0.15) is 5.82 Å². The SMILES string of the molecule is COC(=O)c1ccccc1NC(=O)COC(=O)c1ccc(F)c(Cl)c1. The van der Waals surface area contributed by atoms with Crippen molar-refractivity contribution in [1.29, 1.82) is 0 Å². The molecule has 0 saturated carbocycles. The van der Waals surface area contributed by atoms with Gasteiger partial charge in [0.15, 0.2) is 6.61 Å². The molecule has 0 fully saturated rings. The van der Waals surface area contributed by atoms with E-state index in [0.717, 1.165) is 12.1 Å². The molecule has 1 amide bonds. The number of para-hydroxylation sites is 1. The van der Waals surface area contributed by atoms with E-state index in [9.17, 15) is 18.8 Å². The molecule has 2 aromatic carbocycles. The van der Waals surface area contributed by atoms with Crippen LogP contribution < -0.4 is 5.32 Å². The Labute approximate surface area is 147 Å². The minimum absolute atomic E-state index is 0.00848. The molecule has 25 heavy (non-hydrogen) atoms. The van der Waals surface area contributed by atoms with Crippen LogP contribution in [-0.2, 0) is 14.3 Å². The van der Waals surface area contributed by atoms with Crippen LogP contribution in [0.25, 0.3) is 0 Å². The van der Waals surface area contributed by atoms with Crippen molar-refractivity contribution in [3.8, 4) is 0 Å². The van der Waals surface area contributed by atoms with Crippen molar-refractivity contribution in [3.63, 3.8) is 0 Å². The fourth-order valence-electron chi connectivity index (χ4n) is 1.90. The van der Waals surface area contributed by atoms with Gasteiger partial charge in [0.2, 0.25) is 0 Å². The predicted octanol–water partition coefficient (Wildman–Crippen LogP) is 3.06. The quantitative estimate of drug-likeness (QED) is 0.823. The molecule has 2 aromatic rings. The molecule has 1 N–H and O–H groups in total. The topological polar surface area (TPSA) is 81.7 Å². The molecular weight excluding hydrogens is 353 g/mol. The van der Waals surface area contributed by atoms with Gasteiger partial charge in [-0.2, -0.15) is 0 Å². The summed E-state index contributed by atoms with van der Waals surface area (Å²) in [5.74, 6) is -2.78. The number of hydrogen-bond donors (Lipinski definition) is 1. The standard InChI is InChI=1S/C17H13ClFNO5/c1-24-17(23)11-4-2-3-5-14(11)20-15(21)9-25-16(22)10-6-7-13(19)12(18)8-10/h2-8H,9H2,1H3,(H,20,21). The summed E-state index contributed by atoms with van der Waals surface area (Å²) < 4.78 is 22.5. The number of esters is 2. The molecule has 0 radical (unpaired) electrons. The lowest BCUT2D eigenvalue weighted by Gasteiger charge is -2.10. The average molecular weight is 366 g/mol. The van der Waals surface area contributed by atoms with Gasteiger partial charge in [-0.15, -0.1) is 0 Å². The summed E-state index contributed by atoms with van der Waals surface area (Å²) in [4.78, 5) is 35.4. The second kappa shape index (κ2) is 8.25. The molecule has 0 heterocycles. The first kappa shape index (κ1) is 18.4. The maximum absolute atomic E-state index is 13.1. The predicted molar refractivity (Wildman–Crippen MR) is 88.1 cm³/mol. The number of ether oxygens (including phenoxy) is 2. The van der Waals surface area contributed by atoms with Crippen molar-refractivity contribution < 1.29 is 28.2 Å². The highest BCUT2D eigenvalue weighted by Gasteiger charge is 2.15. The van der Waals surface area contributed by atoms with Gasteiger partial charge in [-0.05, 0) is 30.3 Å². The van der Waals surface area contributed by atoms with E-state index >= 15 is 0 Å². The highest BCUT2D eigenvalue weighted by molar-refractivity contribution is 6.31. The number of hydrogen-bond acceptors (Lipinski definition) is 5. The lowest BCUT2D eigenvalue weighted by atomic mass is 10.2. The maximum Gasteiger partial charge on any atom is 0.339 e. The summed E-state index contributed by atoms with van der Waals surface area (Å²) in [5.41, 5.74) is 0.393. The Hall–Kier alpha value is -2.93. The molecule has 0 atom stereocenters. The summed E-state index contributed by atoms with van der Waals surface area (Å²) >= 11 is 5.58. The molecule has 0 bridgehead atoms. The van der Waals surface area contributed by atoms with Gasteiger partial charge in [-0.3, -0.25) is 4.79 Å². The van der Waals surface area contributed by atoms with Crippen molar-refractivity contribution in [3.05, 3.63) is 64.4 Å². The fourth-order valence-corrected chi connectivity index (χ4v) is 2.08. The summed E-state index contributed by atoms with van der Waals surface area (Å²) in [6.45, 7) is -0.594. The third-order valence-electron chi connectivity index (χ3n) is 3.10. The van der Waals surface area contributed by atoms with Crippen LogP contribution >= 0.6 is 11.6 Å². The zero-order valence-corrected chi connectivity index (χ0v) is 13.8. The third kappa shape index (κ3) is 4.77. The molecule has 0 saturated heterocycles. The molecule has 2 rings (SSSR count). The van der Waals surface area contributed by atoms with Crippen LogP contribution in [0.5, 0.6) is 0 Å². The minimum atomic E-state index is -0.835. The number of rotatable bonds is 5. The van der Waals surface area contributed by atoms with Crippen LogP contribution in [0.4, 0.5) is 10.1 Å². The van der Waals surface area contributed by atoms with Gasteiger partial charge in [0.25, 0.3) is 5.91 Å². The minimum Gasteiger partial charge on any atom is -0.465 e. The summed E-state index contributed by atoms with van der Waals surface area (Å²) in [6, 6.07) is 9.53. The van der Waals surface area contributed by atoms with Gasteiger partial charge < -0.3 is 14.8 Å². The molecule has 0 aliphatic carbocycles. The van der Waals surface area contributed by atoms with E-state index in [4.69, 9.17) is 16.3 Å². The van der Waals surface area contributed by atoms with Crippen molar-refractivity contribution >= 4 is 35.1 Å². The number of benzene rings is 2. The molecular formula is C17H13ClFNO5. The lowest BCUT2D eigenvalue weighted by molar-refractivity contribution is -0.119. The number of methoxy groups -OCH3 is 1. The number of carbonyl (C=O) groups excluding carboxylic acids is 3. The molecule has 6 nitrogen and oxygen atoms in total. The van der Waals surface area contributed by atoms with Crippen molar-refractivity contribution in [2.45, 2.75) is 0 Å². The number of nitrogens with one attached hydrogen (secondary N) is 1. The first-order valence-corrected chi connectivity index (χ1v) is 7.39. The number of carbonyl (C=O) groups is 3. The molecule has 0 aromatic heterocycles. The number of halogens is 2. The first-order valence-electron chi connectivity index (χ1n) is 7.01. The first-order chi connectivity index (χ1) is 11.9. The van der Waals surface area contributed by atoms with Gasteiger partial charge in [0.05, 0.1) is 28.9 Å². The Morgan fingerprint density at radius 1 is 1.12 bits per heavy atom. The fraction of sp³-hybridized carbons (Fsp3) is 0.118. The van der Waals surface area contributed by atoms with E-state index in [2.05, 4.69) is 10.1 Å². The Morgan fingerprint density at radius 3 is 2.52 bits per heavy atom. The summed E-state index contributed by atoms with van der Waals surface area (Å²) in [7, 11) is 1.22. The molecule has 0 aliphatic rings. The smallest absolute Gasteiger partial charge is 0.339 e. The van der Waals surface area contributed by atoms with Crippen molar-refractivity contribution in [2.24, 2.45) is 0 Å². The van der Waals surface area contributed by atoms with E-state index in [0.29, 0.717) is 0 Å². The number of amides is 1. The zero-order chi connectivity index (χ0) is 18.4. The highest BCUT2D eigenvalue weighted by Crippen LogP contribution is 2.17. The van der Waals surface area contributed by atoms with Crippen LogP contribution in [-0.4, -0.2) is 31.6 Å². The Kier molecular flexibility index (Phi) is 6.08. The van der Waals surface area contributed by atoms with E-state index in [1.54, 1.807) is 12.1 Å². The maximum atomic E-state index is 13.1. The Bertz CT molecular complexity index is 824. The van der Waals surface area contributed by atoms with Crippen LogP contribution in [0.2, 0.25) is 5.02 Å². The molecule has 0 spiro atoms. The van der Waals surface area contributed by atoms with E-state index in [-0.39, 0.29) is 21.8 Å². The van der Waals surface area contributed by atoms with Gasteiger partial charge in [-0.25, -0.2) is 14.0 Å². The second-order valence-electron chi connectivity index (χ2n) is 4.79. The molecule has 0 unspecified atom stereocenters. The van der Waals surface area contributed by atoms with E-state index in [1.807, 2.05) is 0 Å². The summed E-state index contributed by atoms with van der Waals surface area (Å²) in [5, 5.41) is 2.22. The van der Waals surface area contributed by atoms with Crippen molar-refractivity contribution in [1.82, 2.24) is 0 Å². The van der Waals surface area contributed by atoms with Crippen LogP contribution in [0.3, 0.4) is 0 Å². The molecule has 0 aliphatic heterocycles. The lowest BCUT2D eigenvalue weighted by Crippen LogP contribution is -2.22. The van der Waals surface area contributed by atoms with Gasteiger partial charge in [0, 0.05) is 0 Å².